The van der Waals surface area contributed by atoms with Gasteiger partial charge in [0.25, 0.3) is 0 Å². The standard InChI is InChI=1S/C8H6Br2O/c9-6-3-1-2-5(8(6)10)7-4-11-7/h1-3,7H,4H2. The van der Waals surface area contributed by atoms with Crippen molar-refractivity contribution in [1.29, 1.82) is 0 Å². The molecule has 0 aliphatic carbocycles. The van der Waals surface area contributed by atoms with E-state index < -0.39 is 0 Å². The maximum Gasteiger partial charge on any atom is 0.107 e. The third kappa shape index (κ3) is 1.50. The smallest absolute Gasteiger partial charge is 0.107 e. The van der Waals surface area contributed by atoms with Crippen LogP contribution >= 0.6 is 31.9 Å². The Kier molecular flexibility index (Phi) is 2.04. The second-order valence-electron chi connectivity index (χ2n) is 2.47. The van der Waals surface area contributed by atoms with E-state index in [2.05, 4.69) is 37.9 Å². The number of halogens is 2. The molecule has 1 aromatic rings. The Hall–Kier alpha value is 0.140. The van der Waals surface area contributed by atoms with Gasteiger partial charge < -0.3 is 4.74 Å². The van der Waals surface area contributed by atoms with Crippen LogP contribution in [0.1, 0.15) is 11.7 Å². The topological polar surface area (TPSA) is 12.5 Å². The van der Waals surface area contributed by atoms with Gasteiger partial charge in [-0.25, -0.2) is 0 Å². The Morgan fingerprint density at radius 2 is 2.09 bits per heavy atom. The molecule has 0 aromatic heterocycles. The van der Waals surface area contributed by atoms with Crippen molar-refractivity contribution in [2.75, 3.05) is 6.61 Å². The first-order valence-corrected chi connectivity index (χ1v) is 4.93. The lowest BCUT2D eigenvalue weighted by atomic mass is 10.2. The van der Waals surface area contributed by atoms with Crippen LogP contribution in [0.25, 0.3) is 0 Å². The average Bonchev–Trinajstić information content (AvgIpc) is 2.77. The summed E-state index contributed by atoms with van der Waals surface area (Å²) in [5.41, 5.74) is 1.24. The Morgan fingerprint density at radius 3 is 2.73 bits per heavy atom. The van der Waals surface area contributed by atoms with Gasteiger partial charge in [0.05, 0.1) is 6.61 Å². The largest absolute Gasteiger partial charge is 0.368 e. The molecule has 1 saturated heterocycles. The fourth-order valence-corrected chi connectivity index (χ4v) is 1.90. The number of rotatable bonds is 1. The van der Waals surface area contributed by atoms with E-state index in [0.29, 0.717) is 6.10 Å². The Morgan fingerprint density at radius 1 is 1.36 bits per heavy atom. The average molecular weight is 278 g/mol. The van der Waals surface area contributed by atoms with Gasteiger partial charge in [0.15, 0.2) is 0 Å². The van der Waals surface area contributed by atoms with Gasteiger partial charge in [-0.2, -0.15) is 0 Å². The molecule has 2 rings (SSSR count). The van der Waals surface area contributed by atoms with E-state index in [4.69, 9.17) is 4.74 Å². The number of benzene rings is 1. The SMILES string of the molecule is Brc1cccc(C2CO2)c1Br. The van der Waals surface area contributed by atoms with Gasteiger partial charge in [0.1, 0.15) is 6.10 Å². The van der Waals surface area contributed by atoms with Gasteiger partial charge >= 0.3 is 0 Å². The molecule has 58 valence electrons. The zero-order valence-corrected chi connectivity index (χ0v) is 8.85. The molecule has 0 radical (unpaired) electrons. The van der Waals surface area contributed by atoms with Crippen molar-refractivity contribution < 1.29 is 4.74 Å². The molecule has 1 atom stereocenters. The predicted octanol–water partition coefficient (Wildman–Crippen LogP) is 3.28. The predicted molar refractivity (Wildman–Crippen MR) is 50.5 cm³/mol. The van der Waals surface area contributed by atoms with E-state index in [1.165, 1.54) is 5.56 Å². The maximum absolute atomic E-state index is 5.18. The fraction of sp³-hybridized carbons (Fsp3) is 0.250. The zero-order valence-electron chi connectivity index (χ0n) is 5.68. The summed E-state index contributed by atoms with van der Waals surface area (Å²) in [4.78, 5) is 0. The highest BCUT2D eigenvalue weighted by Crippen LogP contribution is 2.37. The second-order valence-corrected chi connectivity index (χ2v) is 4.11. The quantitative estimate of drug-likeness (QED) is 0.718. The van der Waals surface area contributed by atoms with Crippen LogP contribution in [-0.4, -0.2) is 6.61 Å². The van der Waals surface area contributed by atoms with Crippen LogP contribution in [0.3, 0.4) is 0 Å². The lowest BCUT2D eigenvalue weighted by molar-refractivity contribution is 0.415. The van der Waals surface area contributed by atoms with E-state index in [1.54, 1.807) is 0 Å². The van der Waals surface area contributed by atoms with Crippen molar-refractivity contribution in [2.24, 2.45) is 0 Å². The molecule has 1 nitrogen and oxygen atoms in total. The van der Waals surface area contributed by atoms with Crippen molar-refractivity contribution in [2.45, 2.75) is 6.10 Å². The van der Waals surface area contributed by atoms with Crippen molar-refractivity contribution >= 4 is 31.9 Å². The van der Waals surface area contributed by atoms with Crippen LogP contribution in [0.15, 0.2) is 27.1 Å². The summed E-state index contributed by atoms with van der Waals surface area (Å²) in [6.07, 6.45) is 0.321. The van der Waals surface area contributed by atoms with Crippen LogP contribution in [0.4, 0.5) is 0 Å². The van der Waals surface area contributed by atoms with E-state index in [-0.39, 0.29) is 0 Å². The molecule has 0 N–H and O–H groups in total. The highest BCUT2D eigenvalue weighted by molar-refractivity contribution is 9.13. The van der Waals surface area contributed by atoms with Crippen molar-refractivity contribution in [1.82, 2.24) is 0 Å². The Labute approximate surface area is 82.0 Å². The molecule has 1 fully saturated rings. The monoisotopic (exact) mass is 276 g/mol. The van der Waals surface area contributed by atoms with Crippen LogP contribution in [0, 0.1) is 0 Å². The highest BCUT2D eigenvalue weighted by atomic mass is 79.9. The molecule has 1 aliphatic rings. The normalized spacial score (nSPS) is 21.8. The molecular formula is C8H6Br2O. The molecule has 1 aliphatic heterocycles. The number of hydrogen-bond donors (Lipinski definition) is 0. The van der Waals surface area contributed by atoms with Gasteiger partial charge in [-0.15, -0.1) is 0 Å². The lowest BCUT2D eigenvalue weighted by Crippen LogP contribution is -1.82. The second kappa shape index (κ2) is 2.88. The molecule has 1 heterocycles. The molecule has 3 heteroatoms. The molecule has 0 amide bonds. The van der Waals surface area contributed by atoms with Crippen LogP contribution in [-0.2, 0) is 4.74 Å². The van der Waals surface area contributed by atoms with Gasteiger partial charge in [-0.05, 0) is 43.5 Å². The summed E-state index contributed by atoms with van der Waals surface area (Å²) in [7, 11) is 0. The third-order valence-electron chi connectivity index (χ3n) is 1.66. The highest BCUT2D eigenvalue weighted by Gasteiger charge is 2.27. The van der Waals surface area contributed by atoms with E-state index in [0.717, 1.165) is 15.6 Å². The van der Waals surface area contributed by atoms with Crippen LogP contribution in [0.5, 0.6) is 0 Å². The maximum atomic E-state index is 5.18. The first-order chi connectivity index (χ1) is 5.29. The van der Waals surface area contributed by atoms with Gasteiger partial charge in [0, 0.05) is 8.95 Å². The summed E-state index contributed by atoms with van der Waals surface area (Å²) < 4.78 is 7.38. The molecule has 11 heavy (non-hydrogen) atoms. The van der Waals surface area contributed by atoms with Crippen LogP contribution in [0.2, 0.25) is 0 Å². The third-order valence-corrected chi connectivity index (χ3v) is 3.74. The van der Waals surface area contributed by atoms with Gasteiger partial charge in [-0.3, -0.25) is 0 Å². The molecule has 0 bridgehead atoms. The Balaban J connectivity index is 2.45. The Bertz CT molecular complexity index is 281. The minimum atomic E-state index is 0.321. The van der Waals surface area contributed by atoms with E-state index in [1.807, 2.05) is 12.1 Å². The van der Waals surface area contributed by atoms with Crippen molar-refractivity contribution in [3.63, 3.8) is 0 Å². The minimum absolute atomic E-state index is 0.321. The molecule has 1 unspecified atom stereocenters. The fourth-order valence-electron chi connectivity index (χ4n) is 0.997. The number of epoxide rings is 1. The van der Waals surface area contributed by atoms with Gasteiger partial charge in [-0.1, -0.05) is 12.1 Å². The van der Waals surface area contributed by atoms with E-state index in [9.17, 15) is 0 Å². The summed E-state index contributed by atoms with van der Waals surface area (Å²) in [5, 5.41) is 0. The van der Waals surface area contributed by atoms with Crippen molar-refractivity contribution in [3.05, 3.63) is 32.7 Å². The molecule has 0 saturated carbocycles. The summed E-state index contributed by atoms with van der Waals surface area (Å²) >= 11 is 6.93. The van der Waals surface area contributed by atoms with E-state index >= 15 is 0 Å². The summed E-state index contributed by atoms with van der Waals surface area (Å²) in [6.45, 7) is 0.856. The molecule has 0 spiro atoms. The summed E-state index contributed by atoms with van der Waals surface area (Å²) in [6, 6.07) is 6.11. The van der Waals surface area contributed by atoms with Crippen molar-refractivity contribution in [3.8, 4) is 0 Å². The van der Waals surface area contributed by atoms with Gasteiger partial charge in [0.2, 0.25) is 0 Å². The minimum Gasteiger partial charge on any atom is -0.368 e. The molecular weight excluding hydrogens is 272 g/mol. The summed E-state index contributed by atoms with van der Waals surface area (Å²) in [5.74, 6) is 0. The number of ether oxygens (including phenoxy) is 1. The first-order valence-electron chi connectivity index (χ1n) is 3.34. The van der Waals surface area contributed by atoms with Crippen LogP contribution < -0.4 is 0 Å². The molecule has 1 aromatic carbocycles. The lowest BCUT2D eigenvalue weighted by Gasteiger charge is -2.00. The zero-order chi connectivity index (χ0) is 7.84. The number of hydrogen-bond acceptors (Lipinski definition) is 1. The first kappa shape index (κ1) is 7.77.